The Balaban J connectivity index is 1.56. The Bertz CT molecular complexity index is 1370. The van der Waals surface area contributed by atoms with Crippen molar-refractivity contribution in [2.45, 2.75) is 45.8 Å². The van der Waals surface area contributed by atoms with Crippen molar-refractivity contribution in [2.24, 2.45) is 23.9 Å². The molecule has 2 atom stereocenters. The molecule has 0 amide bonds. The highest BCUT2D eigenvalue weighted by atomic mass is 16.5. The van der Waals surface area contributed by atoms with E-state index in [9.17, 15) is 5.11 Å². The van der Waals surface area contributed by atoms with E-state index in [1.54, 1.807) is 7.11 Å². The third kappa shape index (κ3) is 4.65. The third-order valence-electron chi connectivity index (χ3n) is 7.80. The first-order valence-electron chi connectivity index (χ1n) is 12.5. The fourth-order valence-electron chi connectivity index (χ4n) is 5.42. The van der Waals surface area contributed by atoms with E-state index < -0.39 is 0 Å². The van der Waals surface area contributed by atoms with Gasteiger partial charge in [-0.1, -0.05) is 50.2 Å². The summed E-state index contributed by atoms with van der Waals surface area (Å²) >= 11 is 0. The lowest BCUT2D eigenvalue weighted by Crippen LogP contribution is -2.24. The van der Waals surface area contributed by atoms with Gasteiger partial charge in [0.25, 0.3) is 0 Å². The second-order valence-electron chi connectivity index (χ2n) is 10.1. The summed E-state index contributed by atoms with van der Waals surface area (Å²) in [6.07, 6.45) is 2.55. The Hall–Kier alpha value is -3.31. The summed E-state index contributed by atoms with van der Waals surface area (Å²) in [7, 11) is 3.76. The highest BCUT2D eigenvalue weighted by Crippen LogP contribution is 2.42. The number of nitrogens with zero attached hydrogens (tertiary/aromatic N) is 3. The quantitative estimate of drug-likeness (QED) is 0.382. The van der Waals surface area contributed by atoms with Crippen LogP contribution in [0.5, 0.6) is 5.75 Å². The van der Waals surface area contributed by atoms with Gasteiger partial charge in [0, 0.05) is 13.1 Å². The zero-order valence-electron chi connectivity index (χ0n) is 21.1. The third-order valence-corrected chi connectivity index (χ3v) is 7.80. The van der Waals surface area contributed by atoms with Crippen LogP contribution in [0.1, 0.15) is 49.3 Å². The largest absolute Gasteiger partial charge is 0.497 e. The van der Waals surface area contributed by atoms with Gasteiger partial charge in [-0.25, -0.2) is 4.99 Å². The zero-order chi connectivity index (χ0) is 24.5. The molecular formula is C30H35N3O2. The maximum Gasteiger partial charge on any atom is 0.211 e. The predicted molar refractivity (Wildman–Crippen MR) is 141 cm³/mol. The minimum atomic E-state index is 0.0498. The van der Waals surface area contributed by atoms with Crippen molar-refractivity contribution in [1.29, 1.82) is 0 Å². The fourth-order valence-corrected chi connectivity index (χ4v) is 5.42. The molecule has 0 spiro atoms. The summed E-state index contributed by atoms with van der Waals surface area (Å²) in [5.74, 6) is 3.07. The average molecular weight is 470 g/mol. The van der Waals surface area contributed by atoms with Crippen molar-refractivity contribution >= 4 is 16.7 Å². The number of hydrogen-bond donors (Lipinski definition) is 1. The van der Waals surface area contributed by atoms with Crippen molar-refractivity contribution < 1.29 is 9.84 Å². The molecule has 0 aliphatic heterocycles. The number of aliphatic hydroxyl groups excluding tert-OH is 1. The molecule has 1 saturated carbocycles. The topological polar surface area (TPSA) is 51.7 Å². The number of hydrogen-bond acceptors (Lipinski definition) is 3. The molecule has 4 aromatic rings. The number of benzene rings is 3. The van der Waals surface area contributed by atoms with E-state index in [0.717, 1.165) is 51.1 Å². The minimum absolute atomic E-state index is 0.0498. The highest BCUT2D eigenvalue weighted by molar-refractivity contribution is 5.78. The molecule has 1 N–H and O–H groups in total. The summed E-state index contributed by atoms with van der Waals surface area (Å²) in [5, 5.41) is 9.41. The summed E-state index contributed by atoms with van der Waals surface area (Å²) in [5.41, 5.74) is 7.50. The van der Waals surface area contributed by atoms with Crippen LogP contribution in [-0.4, -0.2) is 21.4 Å². The lowest BCUT2D eigenvalue weighted by Gasteiger charge is -2.10. The van der Waals surface area contributed by atoms with Gasteiger partial charge >= 0.3 is 0 Å². The van der Waals surface area contributed by atoms with Crippen LogP contribution in [0.15, 0.2) is 71.7 Å². The molecule has 1 aliphatic rings. The summed E-state index contributed by atoms with van der Waals surface area (Å²) in [6, 6.07) is 23.1. The molecule has 0 radical (unpaired) electrons. The van der Waals surface area contributed by atoms with Gasteiger partial charge in [0.15, 0.2) is 0 Å². The molecule has 0 bridgehead atoms. The van der Waals surface area contributed by atoms with Gasteiger partial charge < -0.3 is 19.0 Å². The molecule has 2 unspecified atom stereocenters. The maximum atomic E-state index is 9.41. The van der Waals surface area contributed by atoms with Gasteiger partial charge in [0.2, 0.25) is 5.62 Å². The average Bonchev–Trinajstić information content (AvgIpc) is 3.35. The lowest BCUT2D eigenvalue weighted by molar-refractivity contribution is 0.282. The van der Waals surface area contributed by atoms with Crippen LogP contribution in [0.25, 0.3) is 11.0 Å². The first-order valence-corrected chi connectivity index (χ1v) is 12.5. The van der Waals surface area contributed by atoms with Crippen LogP contribution >= 0.6 is 0 Å². The van der Waals surface area contributed by atoms with E-state index in [-0.39, 0.29) is 6.61 Å². The molecule has 5 nitrogen and oxygen atoms in total. The molecular weight excluding hydrogens is 434 g/mol. The number of imidazole rings is 1. The molecule has 1 aromatic heterocycles. The van der Waals surface area contributed by atoms with E-state index in [0.29, 0.717) is 12.5 Å². The van der Waals surface area contributed by atoms with Crippen LogP contribution in [0, 0.1) is 11.8 Å². The number of ether oxygens (including phenoxy) is 1. The lowest BCUT2D eigenvalue weighted by atomic mass is 9.96. The van der Waals surface area contributed by atoms with Gasteiger partial charge in [-0.05, 0) is 71.6 Å². The van der Waals surface area contributed by atoms with E-state index in [2.05, 4.69) is 78.6 Å². The number of aryl methyl sites for hydroxylation is 1. The predicted octanol–water partition coefficient (Wildman–Crippen LogP) is 5.91. The molecule has 1 aliphatic carbocycles. The Morgan fingerprint density at radius 2 is 1.54 bits per heavy atom. The number of aromatic nitrogens is 2. The SMILES string of the molecule is COc1ccc2c(c1)n(Cc1ccc(CO)cc1)c(=Nc1ccc(C3CC(C)C(C)C3)cc1)n2C. The molecule has 1 fully saturated rings. The van der Waals surface area contributed by atoms with Crippen molar-refractivity contribution in [2.75, 3.05) is 7.11 Å². The van der Waals surface area contributed by atoms with E-state index in [1.807, 2.05) is 18.2 Å². The van der Waals surface area contributed by atoms with Crippen molar-refractivity contribution in [3.05, 3.63) is 89.0 Å². The zero-order valence-corrected chi connectivity index (χ0v) is 21.1. The number of rotatable bonds is 6. The molecule has 5 rings (SSSR count). The van der Waals surface area contributed by atoms with Crippen LogP contribution in [0.4, 0.5) is 5.69 Å². The van der Waals surface area contributed by atoms with E-state index in [1.165, 1.54) is 18.4 Å². The maximum absolute atomic E-state index is 9.41. The second kappa shape index (κ2) is 9.74. The van der Waals surface area contributed by atoms with Crippen molar-refractivity contribution in [3.63, 3.8) is 0 Å². The molecule has 0 saturated heterocycles. The van der Waals surface area contributed by atoms with Crippen LogP contribution in [-0.2, 0) is 20.2 Å². The van der Waals surface area contributed by atoms with E-state index in [4.69, 9.17) is 9.73 Å². The number of fused-ring (bicyclic) bond motifs is 1. The Morgan fingerprint density at radius 3 is 2.17 bits per heavy atom. The fraction of sp³-hybridized carbons (Fsp3) is 0.367. The van der Waals surface area contributed by atoms with Gasteiger partial charge in [0.1, 0.15) is 5.75 Å². The Kier molecular flexibility index (Phi) is 6.52. The highest BCUT2D eigenvalue weighted by Gasteiger charge is 2.28. The Labute approximate surface area is 207 Å². The molecule has 1 heterocycles. The molecule has 35 heavy (non-hydrogen) atoms. The summed E-state index contributed by atoms with van der Waals surface area (Å²) < 4.78 is 9.90. The second-order valence-corrected chi connectivity index (χ2v) is 10.1. The summed E-state index contributed by atoms with van der Waals surface area (Å²) in [4.78, 5) is 5.11. The van der Waals surface area contributed by atoms with Crippen molar-refractivity contribution in [3.8, 4) is 5.75 Å². The van der Waals surface area contributed by atoms with Gasteiger partial charge in [0.05, 0.1) is 37.0 Å². The normalized spacial score (nSPS) is 20.6. The molecule has 5 heteroatoms. The first-order chi connectivity index (χ1) is 17.0. The smallest absolute Gasteiger partial charge is 0.211 e. The summed E-state index contributed by atoms with van der Waals surface area (Å²) in [6.45, 7) is 5.47. The number of aliphatic hydroxyl groups is 1. The Morgan fingerprint density at radius 1 is 0.886 bits per heavy atom. The van der Waals surface area contributed by atoms with Crippen molar-refractivity contribution in [1.82, 2.24) is 9.13 Å². The van der Waals surface area contributed by atoms with Crippen LogP contribution in [0.3, 0.4) is 0 Å². The molecule has 3 aromatic carbocycles. The van der Waals surface area contributed by atoms with Gasteiger partial charge in [-0.15, -0.1) is 0 Å². The van der Waals surface area contributed by atoms with Crippen LogP contribution in [0.2, 0.25) is 0 Å². The molecule has 182 valence electrons. The van der Waals surface area contributed by atoms with Crippen LogP contribution < -0.4 is 10.4 Å². The van der Waals surface area contributed by atoms with Gasteiger partial charge in [-0.3, -0.25) is 0 Å². The monoisotopic (exact) mass is 469 g/mol. The minimum Gasteiger partial charge on any atom is -0.497 e. The van der Waals surface area contributed by atoms with Gasteiger partial charge in [-0.2, -0.15) is 0 Å². The standard InChI is InChI=1S/C30H35N3O2/c1-20-15-25(16-21(20)2)24-9-11-26(12-10-24)31-30-32(3)28-14-13-27(35-4)17-29(28)33(30)18-22-5-7-23(19-34)8-6-22/h5-14,17,20-21,25,34H,15-16,18-19H2,1-4H3. The van der Waals surface area contributed by atoms with E-state index >= 15 is 0 Å². The number of methoxy groups -OCH3 is 1. The first kappa shape index (κ1) is 23.4.